The van der Waals surface area contributed by atoms with Crippen LogP contribution < -0.4 is 19.9 Å². The predicted molar refractivity (Wildman–Crippen MR) is 106 cm³/mol. The Labute approximate surface area is 157 Å². The standard InChI is InChI=1S/C21H22N2O4/c1-4-20(24)23(18-7-5-6-8-19(18)27-3)13-15-11-14-12-16(26-2)9-10-17(14)22-21(15)25/h5-12H,4,13H2,1-3H3,(H,22,25). The molecule has 0 aliphatic rings. The van der Waals surface area contributed by atoms with Crippen molar-refractivity contribution >= 4 is 22.5 Å². The molecule has 1 aromatic heterocycles. The van der Waals surface area contributed by atoms with Gasteiger partial charge in [-0.25, -0.2) is 0 Å². The molecule has 27 heavy (non-hydrogen) atoms. The number of fused-ring (bicyclic) bond motifs is 1. The number of pyridine rings is 1. The molecule has 0 spiro atoms. The van der Waals surface area contributed by atoms with Crippen molar-refractivity contribution in [3.05, 3.63) is 64.4 Å². The summed E-state index contributed by atoms with van der Waals surface area (Å²) in [4.78, 5) is 29.6. The van der Waals surface area contributed by atoms with Crippen LogP contribution in [0.15, 0.2) is 53.3 Å². The summed E-state index contributed by atoms with van der Waals surface area (Å²) < 4.78 is 10.6. The molecule has 6 heteroatoms. The van der Waals surface area contributed by atoms with Gasteiger partial charge < -0.3 is 19.4 Å². The number of hydrogen-bond acceptors (Lipinski definition) is 4. The lowest BCUT2D eigenvalue weighted by atomic mass is 10.1. The van der Waals surface area contributed by atoms with Crippen LogP contribution in [0, 0.1) is 0 Å². The number of nitrogens with zero attached hydrogens (tertiary/aromatic N) is 1. The fourth-order valence-corrected chi connectivity index (χ4v) is 3.00. The minimum Gasteiger partial charge on any atom is -0.497 e. The van der Waals surface area contributed by atoms with Gasteiger partial charge in [0.25, 0.3) is 5.56 Å². The number of aromatic amines is 1. The number of carbonyl (C=O) groups excluding carboxylic acids is 1. The van der Waals surface area contributed by atoms with Crippen molar-refractivity contribution in [2.45, 2.75) is 19.9 Å². The van der Waals surface area contributed by atoms with Gasteiger partial charge in [0.2, 0.25) is 5.91 Å². The largest absolute Gasteiger partial charge is 0.497 e. The first-order valence-electron chi connectivity index (χ1n) is 8.70. The maximum Gasteiger partial charge on any atom is 0.253 e. The molecule has 2 aromatic carbocycles. The second kappa shape index (κ2) is 7.95. The zero-order chi connectivity index (χ0) is 19.4. The van der Waals surface area contributed by atoms with Crippen LogP contribution in [0.2, 0.25) is 0 Å². The Morgan fingerprint density at radius 3 is 2.56 bits per heavy atom. The van der Waals surface area contributed by atoms with Crippen LogP contribution in [-0.4, -0.2) is 25.1 Å². The second-order valence-corrected chi connectivity index (χ2v) is 6.08. The molecule has 0 unspecified atom stereocenters. The fourth-order valence-electron chi connectivity index (χ4n) is 3.00. The molecule has 0 aliphatic carbocycles. The van der Waals surface area contributed by atoms with E-state index in [4.69, 9.17) is 9.47 Å². The molecule has 0 atom stereocenters. The monoisotopic (exact) mass is 366 g/mol. The lowest BCUT2D eigenvalue weighted by Crippen LogP contribution is -2.32. The highest BCUT2D eigenvalue weighted by molar-refractivity contribution is 5.94. The maximum atomic E-state index is 12.6. The zero-order valence-corrected chi connectivity index (χ0v) is 15.6. The van der Waals surface area contributed by atoms with Gasteiger partial charge in [0.05, 0.1) is 26.5 Å². The maximum absolute atomic E-state index is 12.6. The van der Waals surface area contributed by atoms with E-state index in [0.29, 0.717) is 29.2 Å². The molecule has 3 rings (SSSR count). The normalized spacial score (nSPS) is 10.6. The molecule has 0 fully saturated rings. The Kier molecular flexibility index (Phi) is 5.45. The number of nitrogens with one attached hydrogen (secondary N) is 1. The van der Waals surface area contributed by atoms with Gasteiger partial charge >= 0.3 is 0 Å². The SMILES string of the molecule is CCC(=O)N(Cc1cc2cc(OC)ccc2[nH]c1=O)c1ccccc1OC. The highest BCUT2D eigenvalue weighted by Crippen LogP contribution is 2.29. The number of carbonyl (C=O) groups is 1. The van der Waals surface area contributed by atoms with Crippen LogP contribution >= 0.6 is 0 Å². The van der Waals surface area contributed by atoms with Crippen molar-refractivity contribution in [3.63, 3.8) is 0 Å². The lowest BCUT2D eigenvalue weighted by Gasteiger charge is -2.24. The van der Waals surface area contributed by atoms with Crippen LogP contribution in [-0.2, 0) is 11.3 Å². The van der Waals surface area contributed by atoms with Gasteiger partial charge in [-0.05, 0) is 36.4 Å². The first-order chi connectivity index (χ1) is 13.1. The molecule has 1 heterocycles. The second-order valence-electron chi connectivity index (χ2n) is 6.08. The third kappa shape index (κ3) is 3.79. The number of rotatable bonds is 6. The number of amides is 1. The van der Waals surface area contributed by atoms with Crippen molar-refractivity contribution < 1.29 is 14.3 Å². The Balaban J connectivity index is 2.07. The van der Waals surface area contributed by atoms with E-state index in [1.165, 1.54) is 0 Å². The molecule has 0 saturated carbocycles. The Morgan fingerprint density at radius 1 is 1.07 bits per heavy atom. The minimum atomic E-state index is -0.225. The van der Waals surface area contributed by atoms with Gasteiger partial charge in [0.15, 0.2) is 0 Å². The first kappa shape index (κ1) is 18.5. The summed E-state index contributed by atoms with van der Waals surface area (Å²) in [6.07, 6.45) is 0.317. The number of H-pyrrole nitrogens is 1. The van der Waals surface area contributed by atoms with E-state index in [-0.39, 0.29) is 18.0 Å². The third-order valence-corrected chi connectivity index (χ3v) is 4.44. The molecule has 0 saturated heterocycles. The van der Waals surface area contributed by atoms with E-state index in [1.807, 2.05) is 24.3 Å². The molecule has 3 aromatic rings. The number of para-hydroxylation sites is 2. The topological polar surface area (TPSA) is 71.6 Å². The summed E-state index contributed by atoms with van der Waals surface area (Å²) in [5.41, 5.74) is 1.62. The lowest BCUT2D eigenvalue weighted by molar-refractivity contribution is -0.118. The predicted octanol–water partition coefficient (Wildman–Crippen LogP) is 3.49. The highest BCUT2D eigenvalue weighted by Gasteiger charge is 2.20. The zero-order valence-electron chi connectivity index (χ0n) is 15.6. The smallest absolute Gasteiger partial charge is 0.253 e. The number of ether oxygens (including phenoxy) is 2. The summed E-state index contributed by atoms with van der Waals surface area (Å²) in [7, 11) is 3.15. The summed E-state index contributed by atoms with van der Waals surface area (Å²) >= 11 is 0. The number of hydrogen-bond donors (Lipinski definition) is 1. The minimum absolute atomic E-state index is 0.0929. The van der Waals surface area contributed by atoms with E-state index >= 15 is 0 Å². The molecule has 0 radical (unpaired) electrons. The third-order valence-electron chi connectivity index (χ3n) is 4.44. The van der Waals surface area contributed by atoms with Gasteiger partial charge in [-0.1, -0.05) is 19.1 Å². The Hall–Kier alpha value is -3.28. The molecule has 140 valence electrons. The molecule has 1 N–H and O–H groups in total. The molecule has 6 nitrogen and oxygen atoms in total. The molecular weight excluding hydrogens is 344 g/mol. The first-order valence-corrected chi connectivity index (χ1v) is 8.70. The van der Waals surface area contributed by atoms with Crippen LogP contribution in [0.25, 0.3) is 10.9 Å². The van der Waals surface area contributed by atoms with E-state index in [2.05, 4.69) is 4.98 Å². The van der Waals surface area contributed by atoms with Gasteiger partial charge in [0, 0.05) is 22.9 Å². The van der Waals surface area contributed by atoms with Crippen molar-refractivity contribution in [2.75, 3.05) is 19.1 Å². The molecule has 0 bridgehead atoms. The van der Waals surface area contributed by atoms with Crippen molar-refractivity contribution in [1.29, 1.82) is 0 Å². The van der Waals surface area contributed by atoms with E-state index in [0.717, 1.165) is 10.9 Å². The quantitative estimate of drug-likeness (QED) is 0.725. The number of benzene rings is 2. The molecule has 0 aliphatic heterocycles. The van der Waals surface area contributed by atoms with Gasteiger partial charge in [-0.3, -0.25) is 9.59 Å². The number of methoxy groups -OCH3 is 2. The summed E-state index contributed by atoms with van der Waals surface area (Å²) in [6.45, 7) is 1.94. The van der Waals surface area contributed by atoms with Crippen molar-refractivity contribution in [2.24, 2.45) is 0 Å². The average Bonchev–Trinajstić information content (AvgIpc) is 2.71. The molecular formula is C21H22N2O4. The summed E-state index contributed by atoms with van der Waals surface area (Å²) in [5, 5.41) is 0.841. The summed E-state index contributed by atoms with van der Waals surface area (Å²) in [6, 6.07) is 14.5. The van der Waals surface area contributed by atoms with Gasteiger partial charge in [0.1, 0.15) is 11.5 Å². The van der Waals surface area contributed by atoms with Crippen molar-refractivity contribution in [3.8, 4) is 11.5 Å². The number of anilines is 1. The Morgan fingerprint density at radius 2 is 1.85 bits per heavy atom. The van der Waals surface area contributed by atoms with Crippen molar-refractivity contribution in [1.82, 2.24) is 4.98 Å². The van der Waals surface area contributed by atoms with Crippen LogP contribution in [0.4, 0.5) is 5.69 Å². The van der Waals surface area contributed by atoms with E-state index in [9.17, 15) is 9.59 Å². The molecule has 1 amide bonds. The number of aromatic nitrogens is 1. The van der Waals surface area contributed by atoms with E-state index in [1.54, 1.807) is 50.3 Å². The average molecular weight is 366 g/mol. The fraction of sp³-hybridized carbons (Fsp3) is 0.238. The highest BCUT2D eigenvalue weighted by atomic mass is 16.5. The van der Waals surface area contributed by atoms with Crippen LogP contribution in [0.5, 0.6) is 11.5 Å². The van der Waals surface area contributed by atoms with Crippen LogP contribution in [0.3, 0.4) is 0 Å². The van der Waals surface area contributed by atoms with Gasteiger partial charge in [-0.15, -0.1) is 0 Å². The van der Waals surface area contributed by atoms with E-state index < -0.39 is 0 Å². The van der Waals surface area contributed by atoms with Crippen LogP contribution in [0.1, 0.15) is 18.9 Å². The summed E-state index contributed by atoms with van der Waals surface area (Å²) in [5.74, 6) is 1.19. The van der Waals surface area contributed by atoms with Gasteiger partial charge in [-0.2, -0.15) is 0 Å². The Bertz CT molecular complexity index is 1030.